The summed E-state index contributed by atoms with van der Waals surface area (Å²) in [7, 11) is 0. The Bertz CT molecular complexity index is 199. The van der Waals surface area contributed by atoms with E-state index in [-0.39, 0.29) is 5.96 Å². The molecule has 0 aromatic rings. The molecule has 8 N–H and O–H groups in total. The maximum atomic E-state index is 7.65. The van der Waals surface area contributed by atoms with Crippen molar-refractivity contribution < 1.29 is 0 Å². The van der Waals surface area contributed by atoms with Gasteiger partial charge in [-0.3, -0.25) is 10.7 Å². The van der Waals surface area contributed by atoms with E-state index in [4.69, 9.17) is 21.2 Å². The van der Waals surface area contributed by atoms with Crippen molar-refractivity contribution in [2.24, 2.45) is 17.2 Å². The fraction of sp³-hybridized carbons (Fsp3) is 0. The first-order valence-electron chi connectivity index (χ1n) is 2.29. The average molecular weight is 168 g/mol. The zero-order chi connectivity index (χ0) is 10.4. The summed E-state index contributed by atoms with van der Waals surface area (Å²) < 4.78 is 0. The number of rotatable bonds is 0. The quantitative estimate of drug-likeness (QED) is 0.117. The van der Waals surface area contributed by atoms with Crippen LogP contribution < -0.4 is 22.5 Å². The summed E-state index contributed by atoms with van der Waals surface area (Å²) in [4.78, 5) is 0. The van der Waals surface area contributed by atoms with Gasteiger partial charge < -0.3 is 17.2 Å². The zero-order valence-electron chi connectivity index (χ0n) is 6.07. The van der Waals surface area contributed by atoms with Gasteiger partial charge in [-0.1, -0.05) is 0 Å². The molecule has 0 bridgehead atoms. The van der Waals surface area contributed by atoms with Crippen molar-refractivity contribution in [3.05, 3.63) is 0 Å². The molecule has 8 heteroatoms. The van der Waals surface area contributed by atoms with E-state index in [1.54, 1.807) is 0 Å². The molecule has 0 saturated heterocycles. The third kappa shape index (κ3) is 2550. The van der Waals surface area contributed by atoms with Crippen LogP contribution in [0.4, 0.5) is 0 Å². The van der Waals surface area contributed by atoms with E-state index in [9.17, 15) is 0 Å². The second-order valence-corrected chi connectivity index (χ2v) is 0.909. The first-order chi connectivity index (χ1) is 5.60. The van der Waals surface area contributed by atoms with Crippen molar-refractivity contribution in [2.45, 2.75) is 0 Å². The van der Waals surface area contributed by atoms with Crippen LogP contribution in [0.3, 0.4) is 0 Å². The van der Waals surface area contributed by atoms with Crippen LogP contribution in [-0.4, -0.2) is 5.96 Å². The summed E-state index contributed by atoms with van der Waals surface area (Å²) in [6.45, 7) is 0. The molecule has 0 unspecified atom stereocenters. The standard InChI is InChI=1S/C2H4N4.2CH2N2/c3-1-6-2(4)5;2*2-1-3/h(H4,4,5,6);2*2H2. The number of hydrogen-bond donors (Lipinski definition) is 5. The summed E-state index contributed by atoms with van der Waals surface area (Å²) in [6.07, 6.45) is 3.97. The molecule has 0 heterocycles. The average Bonchev–Trinajstić information content (AvgIpc) is 1.89. The molecule has 0 fully saturated rings. The van der Waals surface area contributed by atoms with Crippen LogP contribution in [0.2, 0.25) is 0 Å². The lowest BCUT2D eigenvalue weighted by Gasteiger charge is -1.82. The fourth-order valence-electron chi connectivity index (χ4n) is 0.0602. The summed E-state index contributed by atoms with van der Waals surface area (Å²) in [6, 6.07) is 0. The maximum absolute atomic E-state index is 7.65. The first kappa shape index (κ1) is 16.2. The Hall–Kier alpha value is -2.66. The van der Waals surface area contributed by atoms with Crippen molar-refractivity contribution in [1.82, 2.24) is 5.32 Å². The van der Waals surface area contributed by atoms with Gasteiger partial charge in [0.05, 0.1) is 0 Å². The lowest BCUT2D eigenvalue weighted by molar-refractivity contribution is 1.19. The zero-order valence-corrected chi connectivity index (χ0v) is 6.07. The number of nitrogens with two attached hydrogens (primary N) is 3. The van der Waals surface area contributed by atoms with Gasteiger partial charge in [0.1, 0.15) is 0 Å². The highest BCUT2D eigenvalue weighted by Gasteiger charge is 1.73. The van der Waals surface area contributed by atoms with Gasteiger partial charge >= 0.3 is 0 Å². The van der Waals surface area contributed by atoms with Crippen molar-refractivity contribution in [3.63, 3.8) is 0 Å². The Kier molecular flexibility index (Phi) is 32.1. The Balaban J connectivity index is -0.000000115. The van der Waals surface area contributed by atoms with Gasteiger partial charge in [0.25, 0.3) is 0 Å². The van der Waals surface area contributed by atoms with Crippen molar-refractivity contribution in [1.29, 1.82) is 21.2 Å². The summed E-state index contributed by atoms with van der Waals surface area (Å²) >= 11 is 0. The van der Waals surface area contributed by atoms with E-state index < -0.39 is 0 Å². The largest absolute Gasteiger partial charge is 0.369 e. The molecule has 0 saturated carbocycles. The molecular weight excluding hydrogens is 160 g/mol. The molecule has 0 aliphatic rings. The fourth-order valence-corrected chi connectivity index (χ4v) is 0.0602. The van der Waals surface area contributed by atoms with Crippen LogP contribution in [0.1, 0.15) is 0 Å². The van der Waals surface area contributed by atoms with Gasteiger partial charge in [0.15, 0.2) is 24.5 Å². The molecule has 0 amide bonds. The molecule has 12 heavy (non-hydrogen) atoms. The molecule has 0 aromatic heterocycles. The number of hydrogen-bond acceptors (Lipinski definition) is 6. The third-order valence-corrected chi connectivity index (χ3v) is 0.191. The molecule has 0 radical (unpaired) electrons. The van der Waals surface area contributed by atoms with E-state index in [1.807, 2.05) is 5.32 Å². The number of nitrogens with one attached hydrogen (secondary N) is 2. The third-order valence-electron chi connectivity index (χ3n) is 0.191. The summed E-state index contributed by atoms with van der Waals surface area (Å²) in [5.74, 6) is -0.322. The first-order valence-corrected chi connectivity index (χ1v) is 2.29. The van der Waals surface area contributed by atoms with E-state index in [0.717, 1.165) is 0 Å². The highest BCUT2D eigenvalue weighted by Crippen LogP contribution is 1.37. The van der Waals surface area contributed by atoms with E-state index >= 15 is 0 Å². The van der Waals surface area contributed by atoms with Gasteiger partial charge in [0, 0.05) is 0 Å². The minimum absolute atomic E-state index is 0.322. The number of guanidine groups is 1. The molecule has 64 valence electrons. The maximum Gasteiger partial charge on any atom is 0.199 e. The van der Waals surface area contributed by atoms with Crippen molar-refractivity contribution in [3.8, 4) is 18.6 Å². The Morgan fingerprint density at radius 2 is 1.42 bits per heavy atom. The normalized spacial score (nSPS) is 4.08. The van der Waals surface area contributed by atoms with Gasteiger partial charge in [-0.25, -0.2) is 0 Å². The lowest BCUT2D eigenvalue weighted by Crippen LogP contribution is -2.25. The van der Waals surface area contributed by atoms with Crippen molar-refractivity contribution >= 4 is 5.96 Å². The second-order valence-electron chi connectivity index (χ2n) is 0.909. The Morgan fingerprint density at radius 1 is 1.17 bits per heavy atom. The van der Waals surface area contributed by atoms with Crippen LogP contribution in [-0.2, 0) is 0 Å². The molecule has 0 atom stereocenters. The SMILES string of the molecule is N#CN.N#CN.N#CNC(=N)N. The van der Waals surface area contributed by atoms with Crippen LogP contribution in [0, 0.1) is 39.8 Å². The van der Waals surface area contributed by atoms with Gasteiger partial charge in [-0.05, 0) is 0 Å². The number of nitrogens with zero attached hydrogens (tertiary/aromatic N) is 3. The minimum atomic E-state index is -0.322. The van der Waals surface area contributed by atoms with Crippen LogP contribution in [0.5, 0.6) is 0 Å². The molecule has 0 rings (SSSR count). The van der Waals surface area contributed by atoms with Crippen LogP contribution >= 0.6 is 0 Å². The molecule has 0 aliphatic carbocycles. The van der Waals surface area contributed by atoms with Crippen LogP contribution in [0.15, 0.2) is 0 Å². The predicted octanol–water partition coefficient (Wildman–Crippen LogP) is -2.20. The highest BCUT2D eigenvalue weighted by molar-refractivity contribution is 5.75. The molecule has 8 nitrogen and oxygen atoms in total. The van der Waals surface area contributed by atoms with E-state index in [2.05, 4.69) is 17.2 Å². The second kappa shape index (κ2) is 23.9. The topological polar surface area (TPSA) is 185 Å². The summed E-state index contributed by atoms with van der Waals surface area (Å²) in [5, 5.41) is 30.1. The highest BCUT2D eigenvalue weighted by atomic mass is 15.0. The number of nitriles is 3. The van der Waals surface area contributed by atoms with E-state index in [0.29, 0.717) is 0 Å². The molecule has 0 spiro atoms. The van der Waals surface area contributed by atoms with Crippen molar-refractivity contribution in [2.75, 3.05) is 0 Å². The van der Waals surface area contributed by atoms with Crippen LogP contribution in [0.25, 0.3) is 0 Å². The Labute approximate surface area is 69.3 Å². The summed E-state index contributed by atoms with van der Waals surface area (Å²) in [5.41, 5.74) is 13.0. The molecule has 0 aliphatic heterocycles. The van der Waals surface area contributed by atoms with E-state index in [1.165, 1.54) is 18.6 Å². The van der Waals surface area contributed by atoms with Gasteiger partial charge in [-0.2, -0.15) is 15.8 Å². The smallest absolute Gasteiger partial charge is 0.199 e. The minimum Gasteiger partial charge on any atom is -0.369 e. The van der Waals surface area contributed by atoms with Gasteiger partial charge in [-0.15, -0.1) is 0 Å². The van der Waals surface area contributed by atoms with Gasteiger partial charge in [0.2, 0.25) is 0 Å². The predicted molar refractivity (Wildman–Crippen MR) is 40.3 cm³/mol. The Morgan fingerprint density at radius 3 is 1.42 bits per heavy atom. The lowest BCUT2D eigenvalue weighted by atomic mass is 11.0. The molecular formula is C4H8N8. The molecule has 0 aromatic carbocycles. The monoisotopic (exact) mass is 168 g/mol.